The lowest BCUT2D eigenvalue weighted by molar-refractivity contribution is -0.274. The van der Waals surface area contributed by atoms with Crippen molar-refractivity contribution in [2.75, 3.05) is 5.32 Å². The molecule has 0 unspecified atom stereocenters. The van der Waals surface area contributed by atoms with Crippen LogP contribution in [0.3, 0.4) is 0 Å². The molecule has 1 saturated carbocycles. The molecule has 0 saturated heterocycles. The second kappa shape index (κ2) is 8.59. The number of fused-ring (bicyclic) bond motifs is 5. The van der Waals surface area contributed by atoms with Gasteiger partial charge < -0.3 is 15.5 Å². The number of halogens is 3. The fraction of sp³-hybridized carbons (Fsp3) is 0.500. The highest BCUT2D eigenvalue weighted by Gasteiger charge is 2.59. The minimum absolute atomic E-state index is 0.0962. The van der Waals surface area contributed by atoms with Gasteiger partial charge in [-0.1, -0.05) is 0 Å². The Labute approximate surface area is 223 Å². The molecule has 206 valence electrons. The van der Waals surface area contributed by atoms with Crippen LogP contribution in [-0.4, -0.2) is 48.3 Å². The van der Waals surface area contributed by atoms with E-state index in [1.54, 1.807) is 13.0 Å². The fourth-order valence-electron chi connectivity index (χ4n) is 6.45. The zero-order valence-electron chi connectivity index (χ0n) is 20.9. The van der Waals surface area contributed by atoms with Crippen molar-refractivity contribution >= 4 is 44.8 Å². The molecular formula is C26H25F3N4O5S. The number of alkyl halides is 3. The number of aryl methyl sites for hydroxylation is 2. The summed E-state index contributed by atoms with van der Waals surface area (Å²) in [6.45, 7) is 1.68. The summed E-state index contributed by atoms with van der Waals surface area (Å²) in [5, 5.41) is 23.5. The Hall–Kier alpha value is -3.32. The van der Waals surface area contributed by atoms with Crippen LogP contribution in [0.25, 0.3) is 10.2 Å². The van der Waals surface area contributed by atoms with E-state index in [0.29, 0.717) is 40.9 Å². The van der Waals surface area contributed by atoms with Gasteiger partial charge in [0.05, 0.1) is 22.5 Å². The number of nitrogens with one attached hydrogen (secondary N) is 1. The van der Waals surface area contributed by atoms with E-state index in [1.807, 2.05) is 0 Å². The van der Waals surface area contributed by atoms with E-state index >= 15 is 0 Å². The Morgan fingerprint density at radius 1 is 1.21 bits per heavy atom. The number of hydrogen-bond acceptors (Lipinski definition) is 8. The van der Waals surface area contributed by atoms with Gasteiger partial charge in [-0.15, -0.1) is 11.3 Å². The number of ketones is 1. The summed E-state index contributed by atoms with van der Waals surface area (Å²) in [5.41, 5.74) is -2.76. The number of carboxylic acid groups (broad SMARTS) is 1. The third-order valence-corrected chi connectivity index (χ3v) is 9.77. The van der Waals surface area contributed by atoms with Crippen LogP contribution < -0.4 is 10.9 Å². The normalized spacial score (nSPS) is 26.6. The number of carbonyl (C=O) groups excluding carboxylic acids is 1. The predicted octanol–water partition coefficient (Wildman–Crippen LogP) is 4.24. The lowest BCUT2D eigenvalue weighted by atomic mass is 9.72. The number of carbonyl (C=O) groups is 2. The molecular weight excluding hydrogens is 537 g/mol. The van der Waals surface area contributed by atoms with Crippen molar-refractivity contribution in [1.29, 1.82) is 0 Å². The van der Waals surface area contributed by atoms with E-state index in [1.165, 1.54) is 22.2 Å². The largest absolute Gasteiger partial charge is 0.481 e. The van der Waals surface area contributed by atoms with Gasteiger partial charge in [-0.3, -0.25) is 19.0 Å². The standard InChI is InChI=1S/C26H25F3N4O5S/c1-12-8-15(32-20-18-14-3-2-13(23(36)37)9-17(14)39-21(18)31-11-30-20)22(35)33-19(12)16(34)10-24(33)4-6-25(38,7-5-24)26(27,28)29/h8,11,13,38H,2-7,9-10H2,1H3,(H,36,37)(H,30,31,32)/t13-,24?,25?/m0/s1. The van der Waals surface area contributed by atoms with E-state index in [0.717, 1.165) is 10.4 Å². The van der Waals surface area contributed by atoms with Gasteiger partial charge in [0.15, 0.2) is 11.4 Å². The van der Waals surface area contributed by atoms with E-state index in [9.17, 15) is 37.8 Å². The molecule has 3 aliphatic rings. The van der Waals surface area contributed by atoms with Gasteiger partial charge in [-0.05, 0) is 69.1 Å². The molecule has 9 nitrogen and oxygen atoms in total. The third kappa shape index (κ3) is 3.88. The SMILES string of the molecule is Cc1cc(Nc2ncnc3sc4c(c23)CC[C@H](C(=O)O)C4)c(=O)n2c1C(=O)CC21CCC(O)(C(F)(F)F)CC1. The third-order valence-electron chi connectivity index (χ3n) is 8.60. The van der Waals surface area contributed by atoms with Crippen molar-refractivity contribution in [2.24, 2.45) is 5.92 Å². The number of carboxylic acids is 1. The molecule has 0 bridgehead atoms. The monoisotopic (exact) mass is 562 g/mol. The summed E-state index contributed by atoms with van der Waals surface area (Å²) in [6, 6.07) is 1.55. The topological polar surface area (TPSA) is 134 Å². The van der Waals surface area contributed by atoms with Gasteiger partial charge in [0.25, 0.3) is 5.56 Å². The number of aromatic nitrogens is 3. The van der Waals surface area contributed by atoms with Gasteiger partial charge >= 0.3 is 12.1 Å². The molecule has 0 amide bonds. The molecule has 3 aromatic heterocycles. The molecule has 4 heterocycles. The highest BCUT2D eigenvalue weighted by Crippen LogP contribution is 2.51. The van der Waals surface area contributed by atoms with E-state index < -0.39 is 47.6 Å². The first-order valence-corrected chi connectivity index (χ1v) is 13.5. The molecule has 1 aliphatic heterocycles. The molecule has 1 fully saturated rings. The molecule has 3 aromatic rings. The smallest absolute Gasteiger partial charge is 0.417 e. The maximum absolute atomic E-state index is 13.8. The van der Waals surface area contributed by atoms with Crippen LogP contribution >= 0.6 is 11.3 Å². The maximum atomic E-state index is 13.8. The highest BCUT2D eigenvalue weighted by atomic mass is 32.1. The number of hydrogen-bond donors (Lipinski definition) is 3. The summed E-state index contributed by atoms with van der Waals surface area (Å²) < 4.78 is 41.7. The number of thiophene rings is 1. The quantitative estimate of drug-likeness (QED) is 0.432. The average Bonchev–Trinajstić information content (AvgIpc) is 3.39. The summed E-state index contributed by atoms with van der Waals surface area (Å²) in [6.07, 6.45) is -3.68. The molecule has 1 atom stereocenters. The lowest BCUT2D eigenvalue weighted by Gasteiger charge is -2.43. The molecule has 39 heavy (non-hydrogen) atoms. The predicted molar refractivity (Wildman–Crippen MR) is 136 cm³/mol. The van der Waals surface area contributed by atoms with Gasteiger partial charge in [0.2, 0.25) is 0 Å². The second-order valence-corrected chi connectivity index (χ2v) is 12.0. The Kier molecular flexibility index (Phi) is 5.71. The van der Waals surface area contributed by atoms with E-state index in [-0.39, 0.29) is 36.4 Å². The van der Waals surface area contributed by atoms with E-state index in [4.69, 9.17) is 0 Å². The van der Waals surface area contributed by atoms with E-state index in [2.05, 4.69) is 15.3 Å². The first kappa shape index (κ1) is 25.9. The zero-order chi connectivity index (χ0) is 27.9. The molecule has 6 rings (SSSR count). The Morgan fingerprint density at radius 2 is 1.92 bits per heavy atom. The molecule has 13 heteroatoms. The van der Waals surface area contributed by atoms with Gasteiger partial charge in [0, 0.05) is 11.3 Å². The zero-order valence-corrected chi connectivity index (χ0v) is 21.7. The first-order chi connectivity index (χ1) is 18.3. The van der Waals surface area contributed by atoms with Crippen LogP contribution in [0.1, 0.15) is 65.0 Å². The number of rotatable bonds is 3. The molecule has 3 N–H and O–H groups in total. The van der Waals surface area contributed by atoms with Crippen LogP contribution in [0, 0.1) is 12.8 Å². The van der Waals surface area contributed by atoms with Crippen molar-refractivity contribution in [2.45, 2.75) is 75.6 Å². The van der Waals surface area contributed by atoms with Gasteiger partial charge in [-0.25, -0.2) is 9.97 Å². The highest BCUT2D eigenvalue weighted by molar-refractivity contribution is 7.19. The fourth-order valence-corrected chi connectivity index (χ4v) is 7.72. The van der Waals surface area contributed by atoms with Crippen LogP contribution in [-0.2, 0) is 23.2 Å². The Balaban J connectivity index is 1.40. The van der Waals surface area contributed by atoms with Crippen molar-refractivity contribution in [3.05, 3.63) is 44.4 Å². The number of Topliss-reactive ketones (excluding diaryl/α,β-unsaturated/α-hetero) is 1. The van der Waals surface area contributed by atoms with Crippen LogP contribution in [0.4, 0.5) is 24.7 Å². The van der Waals surface area contributed by atoms with Crippen molar-refractivity contribution in [1.82, 2.24) is 14.5 Å². The Morgan fingerprint density at radius 3 is 2.59 bits per heavy atom. The molecule has 0 radical (unpaired) electrons. The van der Waals surface area contributed by atoms with Gasteiger partial charge in [-0.2, -0.15) is 13.2 Å². The minimum atomic E-state index is -4.80. The second-order valence-electron chi connectivity index (χ2n) is 10.9. The van der Waals surface area contributed by atoms with Crippen molar-refractivity contribution < 1.29 is 33.0 Å². The summed E-state index contributed by atoms with van der Waals surface area (Å²) in [5.74, 6) is -1.25. The number of aliphatic hydroxyl groups is 1. The minimum Gasteiger partial charge on any atom is -0.481 e. The van der Waals surface area contributed by atoms with Crippen LogP contribution in [0.2, 0.25) is 0 Å². The number of aliphatic carboxylic acids is 1. The molecule has 1 spiro atoms. The van der Waals surface area contributed by atoms with Crippen molar-refractivity contribution in [3.63, 3.8) is 0 Å². The number of nitrogens with zero attached hydrogens (tertiary/aromatic N) is 3. The van der Waals surface area contributed by atoms with Crippen LogP contribution in [0.15, 0.2) is 17.2 Å². The molecule has 0 aromatic carbocycles. The first-order valence-electron chi connectivity index (χ1n) is 12.7. The van der Waals surface area contributed by atoms with Crippen molar-refractivity contribution in [3.8, 4) is 0 Å². The Bertz CT molecular complexity index is 1600. The summed E-state index contributed by atoms with van der Waals surface area (Å²) in [4.78, 5) is 48.6. The lowest BCUT2D eigenvalue weighted by Crippen LogP contribution is -2.53. The number of anilines is 2. The maximum Gasteiger partial charge on any atom is 0.417 e. The number of pyridine rings is 1. The molecule has 2 aliphatic carbocycles. The average molecular weight is 563 g/mol. The van der Waals surface area contributed by atoms with Crippen LogP contribution in [0.5, 0.6) is 0 Å². The van der Waals surface area contributed by atoms with Gasteiger partial charge in [0.1, 0.15) is 22.7 Å². The summed E-state index contributed by atoms with van der Waals surface area (Å²) >= 11 is 1.39. The summed E-state index contributed by atoms with van der Waals surface area (Å²) in [7, 11) is 0.